The van der Waals surface area contributed by atoms with Crippen LogP contribution < -0.4 is 5.32 Å². The Kier molecular flexibility index (Phi) is 13.2. The van der Waals surface area contributed by atoms with Crippen LogP contribution in [0.25, 0.3) is 0 Å². The smallest absolute Gasteiger partial charge is 0.0587 e. The van der Waals surface area contributed by atoms with Crippen molar-refractivity contribution in [2.75, 3.05) is 39.9 Å². The van der Waals surface area contributed by atoms with Gasteiger partial charge in [0.15, 0.2) is 0 Å². The van der Waals surface area contributed by atoms with E-state index in [0.29, 0.717) is 0 Å². The third kappa shape index (κ3) is 9.86. The molecule has 1 atom stereocenters. The van der Waals surface area contributed by atoms with Gasteiger partial charge in [0.2, 0.25) is 0 Å². The number of rotatable bonds is 13. The first-order valence-electron chi connectivity index (χ1n) is 7.69. The van der Waals surface area contributed by atoms with Crippen LogP contribution in [0, 0.1) is 0 Å². The molecule has 3 heteroatoms. The van der Waals surface area contributed by atoms with Gasteiger partial charge in [-0.2, -0.15) is 0 Å². The Balaban J connectivity index is 3.56. The summed E-state index contributed by atoms with van der Waals surface area (Å²) in [7, 11) is 1.75. The molecular weight excluding hydrogens is 224 g/mol. The zero-order valence-corrected chi connectivity index (χ0v) is 13.0. The van der Waals surface area contributed by atoms with Gasteiger partial charge in [-0.05, 0) is 52.2 Å². The fourth-order valence-electron chi connectivity index (χ4n) is 2.04. The lowest BCUT2D eigenvalue weighted by Gasteiger charge is -2.28. The van der Waals surface area contributed by atoms with E-state index in [9.17, 15) is 0 Å². The molecule has 0 aromatic carbocycles. The Morgan fingerprint density at radius 2 is 1.78 bits per heavy atom. The summed E-state index contributed by atoms with van der Waals surface area (Å²) in [6.07, 6.45) is 6.45. The van der Waals surface area contributed by atoms with Crippen molar-refractivity contribution in [2.45, 2.75) is 58.9 Å². The molecule has 0 spiro atoms. The molecule has 0 radical (unpaired) electrons. The highest BCUT2D eigenvalue weighted by molar-refractivity contribution is 4.66. The minimum atomic E-state index is 0.734. The molecule has 0 aliphatic rings. The van der Waals surface area contributed by atoms with Crippen molar-refractivity contribution in [3.05, 3.63) is 0 Å². The van der Waals surface area contributed by atoms with Crippen LogP contribution in [0.3, 0.4) is 0 Å². The molecule has 18 heavy (non-hydrogen) atoms. The fraction of sp³-hybridized carbons (Fsp3) is 1.00. The third-order valence-corrected chi connectivity index (χ3v) is 3.54. The number of ether oxygens (including phenoxy) is 1. The second kappa shape index (κ2) is 13.3. The number of nitrogens with one attached hydrogen (secondary N) is 1. The van der Waals surface area contributed by atoms with Crippen molar-refractivity contribution in [2.24, 2.45) is 0 Å². The molecule has 1 unspecified atom stereocenters. The van der Waals surface area contributed by atoms with Gasteiger partial charge >= 0.3 is 0 Å². The van der Waals surface area contributed by atoms with Crippen molar-refractivity contribution < 1.29 is 4.74 Å². The molecular formula is C15H34N2O. The molecule has 0 fully saturated rings. The molecule has 0 aromatic rings. The van der Waals surface area contributed by atoms with Crippen LogP contribution in [-0.4, -0.2) is 50.8 Å². The Morgan fingerprint density at radius 1 is 1.06 bits per heavy atom. The first-order chi connectivity index (χ1) is 8.76. The van der Waals surface area contributed by atoms with Crippen LogP contribution in [0.15, 0.2) is 0 Å². The average Bonchev–Trinajstić information content (AvgIpc) is 2.40. The van der Waals surface area contributed by atoms with Gasteiger partial charge in [-0.15, -0.1) is 0 Å². The van der Waals surface area contributed by atoms with Gasteiger partial charge in [0, 0.05) is 19.7 Å². The molecule has 0 amide bonds. The van der Waals surface area contributed by atoms with Crippen molar-refractivity contribution in [1.82, 2.24) is 10.2 Å². The van der Waals surface area contributed by atoms with Gasteiger partial charge in [0.1, 0.15) is 0 Å². The van der Waals surface area contributed by atoms with Crippen molar-refractivity contribution >= 4 is 0 Å². The molecule has 0 aromatic heterocycles. The number of methoxy groups -OCH3 is 1. The molecule has 0 saturated carbocycles. The van der Waals surface area contributed by atoms with Crippen molar-refractivity contribution in [3.8, 4) is 0 Å². The quantitative estimate of drug-likeness (QED) is 0.514. The molecule has 3 nitrogen and oxygen atoms in total. The lowest BCUT2D eigenvalue weighted by Crippen LogP contribution is -2.34. The van der Waals surface area contributed by atoms with Crippen LogP contribution in [0.4, 0.5) is 0 Å². The molecule has 0 rings (SSSR count). The minimum absolute atomic E-state index is 0.734. The highest BCUT2D eigenvalue weighted by atomic mass is 16.5. The zero-order chi connectivity index (χ0) is 13.6. The van der Waals surface area contributed by atoms with Gasteiger partial charge in [0.05, 0.1) is 6.61 Å². The molecule has 0 bridgehead atoms. The van der Waals surface area contributed by atoms with E-state index in [4.69, 9.17) is 4.74 Å². The maximum atomic E-state index is 5.01. The van der Waals surface area contributed by atoms with Gasteiger partial charge in [-0.1, -0.05) is 20.3 Å². The van der Waals surface area contributed by atoms with Crippen LogP contribution >= 0.6 is 0 Å². The van der Waals surface area contributed by atoms with E-state index in [1.54, 1.807) is 7.11 Å². The Morgan fingerprint density at radius 3 is 2.39 bits per heavy atom. The zero-order valence-electron chi connectivity index (χ0n) is 13.0. The molecule has 0 aliphatic heterocycles. The molecule has 0 saturated heterocycles. The van der Waals surface area contributed by atoms with Gasteiger partial charge in [-0.3, -0.25) is 0 Å². The summed E-state index contributed by atoms with van der Waals surface area (Å²) in [5.41, 5.74) is 0. The topological polar surface area (TPSA) is 24.5 Å². The van der Waals surface area contributed by atoms with E-state index in [2.05, 4.69) is 31.0 Å². The number of unbranched alkanes of at least 4 members (excludes halogenated alkanes) is 2. The van der Waals surface area contributed by atoms with E-state index >= 15 is 0 Å². The number of hydrogen-bond acceptors (Lipinski definition) is 3. The molecule has 1 N–H and O–H groups in total. The van der Waals surface area contributed by atoms with Crippen LogP contribution in [-0.2, 0) is 4.74 Å². The summed E-state index contributed by atoms with van der Waals surface area (Å²) < 4.78 is 5.01. The maximum Gasteiger partial charge on any atom is 0.0587 e. The SMILES string of the molecule is CCCCN(CCCCNCCOC)C(C)CC. The van der Waals surface area contributed by atoms with Crippen LogP contribution in [0.5, 0.6) is 0 Å². The second-order valence-corrected chi connectivity index (χ2v) is 5.10. The Hall–Kier alpha value is -0.120. The fourth-order valence-corrected chi connectivity index (χ4v) is 2.04. The molecule has 110 valence electrons. The first kappa shape index (κ1) is 17.9. The summed E-state index contributed by atoms with van der Waals surface area (Å²) >= 11 is 0. The largest absolute Gasteiger partial charge is 0.383 e. The normalized spacial score (nSPS) is 13.2. The van der Waals surface area contributed by atoms with E-state index in [-0.39, 0.29) is 0 Å². The van der Waals surface area contributed by atoms with Gasteiger partial charge in [-0.25, -0.2) is 0 Å². The standard InChI is InChI=1S/C15H34N2O/c1-5-7-12-17(15(3)6-2)13-9-8-10-16-11-14-18-4/h15-16H,5-14H2,1-4H3. The van der Waals surface area contributed by atoms with Gasteiger partial charge in [0.25, 0.3) is 0 Å². The van der Waals surface area contributed by atoms with E-state index in [1.165, 1.54) is 45.2 Å². The summed E-state index contributed by atoms with van der Waals surface area (Å²) in [5, 5.41) is 3.40. The summed E-state index contributed by atoms with van der Waals surface area (Å²) in [6.45, 7) is 12.3. The summed E-state index contributed by atoms with van der Waals surface area (Å²) in [6, 6.07) is 0.734. The van der Waals surface area contributed by atoms with Crippen LogP contribution in [0.2, 0.25) is 0 Å². The lowest BCUT2D eigenvalue weighted by atomic mass is 10.1. The lowest BCUT2D eigenvalue weighted by molar-refractivity contribution is 0.193. The molecule has 0 heterocycles. The number of hydrogen-bond donors (Lipinski definition) is 1. The minimum Gasteiger partial charge on any atom is -0.383 e. The first-order valence-corrected chi connectivity index (χ1v) is 7.69. The summed E-state index contributed by atoms with van der Waals surface area (Å²) in [5.74, 6) is 0. The average molecular weight is 258 g/mol. The Labute approximate surface area is 114 Å². The predicted octanol–water partition coefficient (Wildman–Crippen LogP) is 2.90. The maximum absolute atomic E-state index is 5.01. The van der Waals surface area contributed by atoms with Gasteiger partial charge < -0.3 is 15.0 Å². The summed E-state index contributed by atoms with van der Waals surface area (Å²) in [4.78, 5) is 2.65. The molecule has 0 aliphatic carbocycles. The highest BCUT2D eigenvalue weighted by Gasteiger charge is 2.10. The third-order valence-electron chi connectivity index (χ3n) is 3.54. The predicted molar refractivity (Wildman–Crippen MR) is 80.2 cm³/mol. The van der Waals surface area contributed by atoms with Crippen molar-refractivity contribution in [3.63, 3.8) is 0 Å². The van der Waals surface area contributed by atoms with E-state index in [0.717, 1.165) is 25.7 Å². The number of nitrogens with zero attached hydrogens (tertiary/aromatic N) is 1. The second-order valence-electron chi connectivity index (χ2n) is 5.10. The Bertz CT molecular complexity index is 165. The monoisotopic (exact) mass is 258 g/mol. The van der Waals surface area contributed by atoms with Crippen molar-refractivity contribution in [1.29, 1.82) is 0 Å². The van der Waals surface area contributed by atoms with E-state index in [1.807, 2.05) is 0 Å². The highest BCUT2D eigenvalue weighted by Crippen LogP contribution is 2.07. The van der Waals surface area contributed by atoms with Crippen LogP contribution in [0.1, 0.15) is 52.9 Å². The van der Waals surface area contributed by atoms with E-state index < -0.39 is 0 Å².